The Bertz CT molecular complexity index is 778. The summed E-state index contributed by atoms with van der Waals surface area (Å²) < 4.78 is 43.0. The van der Waals surface area contributed by atoms with Crippen LogP contribution in [-0.4, -0.2) is 15.5 Å². The van der Waals surface area contributed by atoms with E-state index >= 15 is 0 Å². The zero-order chi connectivity index (χ0) is 15.6. The van der Waals surface area contributed by atoms with Gasteiger partial charge in [0.05, 0.1) is 23.4 Å². The predicted molar refractivity (Wildman–Crippen MR) is 79.7 cm³/mol. The first-order valence-corrected chi connectivity index (χ1v) is 7.96. The summed E-state index contributed by atoms with van der Waals surface area (Å²) in [6.07, 6.45) is 0. The number of anilines is 1. The number of halogens is 2. The molecule has 0 spiro atoms. The van der Waals surface area contributed by atoms with E-state index in [1.54, 1.807) is 0 Å². The van der Waals surface area contributed by atoms with Crippen LogP contribution in [0.1, 0.15) is 5.56 Å². The molecule has 0 radical (unpaired) electrons. The molecule has 0 saturated heterocycles. The molecule has 2 N–H and O–H groups in total. The Kier molecular flexibility index (Phi) is 4.39. The lowest BCUT2D eigenvalue weighted by atomic mass is 10.2. The third-order valence-corrected chi connectivity index (χ3v) is 4.87. The molecule has 0 fully saturated rings. The second-order valence-electron chi connectivity index (χ2n) is 4.41. The largest absolute Gasteiger partial charge is 0.494 e. The van der Waals surface area contributed by atoms with E-state index < -0.39 is 15.7 Å². The van der Waals surface area contributed by atoms with Gasteiger partial charge in [-0.15, -0.1) is 0 Å². The lowest BCUT2D eigenvalue weighted by molar-refractivity contribution is 0.386. The van der Waals surface area contributed by atoms with Crippen molar-refractivity contribution in [2.24, 2.45) is 0 Å². The van der Waals surface area contributed by atoms with Crippen LogP contribution >= 0.6 is 11.6 Å². The third kappa shape index (κ3) is 3.46. The van der Waals surface area contributed by atoms with Crippen molar-refractivity contribution in [1.29, 1.82) is 0 Å². The Balaban J connectivity index is 2.35. The Morgan fingerprint density at radius 3 is 2.52 bits per heavy atom. The lowest BCUT2D eigenvalue weighted by Crippen LogP contribution is -2.08. The number of benzene rings is 2. The second-order valence-corrected chi connectivity index (χ2v) is 6.80. The van der Waals surface area contributed by atoms with Crippen molar-refractivity contribution in [2.75, 3.05) is 12.8 Å². The fraction of sp³-hybridized carbons (Fsp3) is 0.143. The molecule has 0 bridgehead atoms. The minimum absolute atomic E-state index is 0.0249. The molecule has 0 aliphatic rings. The van der Waals surface area contributed by atoms with Crippen LogP contribution in [0.5, 0.6) is 5.75 Å². The molecule has 0 unspecified atom stereocenters. The molecule has 0 amide bonds. The highest BCUT2D eigenvalue weighted by Gasteiger charge is 2.19. The van der Waals surface area contributed by atoms with E-state index in [-0.39, 0.29) is 22.1 Å². The summed E-state index contributed by atoms with van der Waals surface area (Å²) in [4.78, 5) is -0.0249. The van der Waals surface area contributed by atoms with E-state index in [9.17, 15) is 12.8 Å². The van der Waals surface area contributed by atoms with Crippen molar-refractivity contribution in [3.8, 4) is 5.75 Å². The van der Waals surface area contributed by atoms with Crippen molar-refractivity contribution in [1.82, 2.24) is 0 Å². The molecule has 0 atom stereocenters. The topological polar surface area (TPSA) is 69.4 Å². The van der Waals surface area contributed by atoms with Gasteiger partial charge < -0.3 is 10.5 Å². The van der Waals surface area contributed by atoms with Gasteiger partial charge in [-0.25, -0.2) is 12.8 Å². The maximum Gasteiger partial charge on any atom is 0.184 e. The van der Waals surface area contributed by atoms with Gasteiger partial charge in [0.25, 0.3) is 0 Å². The minimum atomic E-state index is -3.69. The van der Waals surface area contributed by atoms with Crippen LogP contribution in [0.4, 0.5) is 10.1 Å². The van der Waals surface area contributed by atoms with E-state index in [0.717, 1.165) is 6.07 Å². The first-order chi connectivity index (χ1) is 9.83. The smallest absolute Gasteiger partial charge is 0.184 e. The van der Waals surface area contributed by atoms with Crippen LogP contribution in [0.15, 0.2) is 41.3 Å². The summed E-state index contributed by atoms with van der Waals surface area (Å²) in [5, 5.41) is 0.349. The number of hydrogen-bond acceptors (Lipinski definition) is 4. The highest BCUT2D eigenvalue weighted by molar-refractivity contribution is 7.90. The number of nitrogens with two attached hydrogens (primary N) is 1. The molecule has 2 rings (SSSR count). The summed E-state index contributed by atoms with van der Waals surface area (Å²) in [5.41, 5.74) is 6.05. The fourth-order valence-corrected chi connectivity index (χ4v) is 3.55. The maximum absolute atomic E-state index is 13.6. The van der Waals surface area contributed by atoms with Crippen LogP contribution in [0.2, 0.25) is 5.02 Å². The average Bonchev–Trinajstić information content (AvgIpc) is 2.37. The van der Waals surface area contributed by atoms with Crippen molar-refractivity contribution in [3.05, 3.63) is 52.8 Å². The predicted octanol–water partition coefficient (Wildman–Crippen LogP) is 3.04. The normalized spacial score (nSPS) is 11.4. The fourth-order valence-electron chi connectivity index (χ4n) is 1.90. The first kappa shape index (κ1) is 15.6. The number of ether oxygens (including phenoxy) is 1. The van der Waals surface area contributed by atoms with Gasteiger partial charge in [-0.1, -0.05) is 17.7 Å². The van der Waals surface area contributed by atoms with Gasteiger partial charge in [0, 0.05) is 5.02 Å². The van der Waals surface area contributed by atoms with Gasteiger partial charge in [0.15, 0.2) is 21.4 Å². The highest BCUT2D eigenvalue weighted by Crippen LogP contribution is 2.26. The quantitative estimate of drug-likeness (QED) is 0.875. The number of sulfone groups is 1. The molecule has 2 aromatic carbocycles. The molecule has 0 saturated carbocycles. The number of rotatable bonds is 4. The lowest BCUT2D eigenvalue weighted by Gasteiger charge is -2.09. The first-order valence-electron chi connectivity index (χ1n) is 5.93. The van der Waals surface area contributed by atoms with Crippen LogP contribution in [0, 0.1) is 5.82 Å². The second kappa shape index (κ2) is 5.91. The van der Waals surface area contributed by atoms with E-state index in [2.05, 4.69) is 0 Å². The maximum atomic E-state index is 13.6. The van der Waals surface area contributed by atoms with Crippen LogP contribution in [0.3, 0.4) is 0 Å². The van der Waals surface area contributed by atoms with Crippen LogP contribution in [0.25, 0.3) is 0 Å². The van der Waals surface area contributed by atoms with E-state index in [1.807, 2.05) is 0 Å². The zero-order valence-electron chi connectivity index (χ0n) is 11.1. The molecular weight excluding hydrogens is 317 g/mol. The van der Waals surface area contributed by atoms with Crippen molar-refractivity contribution >= 4 is 27.1 Å². The Hall–Kier alpha value is -1.79. The molecule has 112 valence electrons. The molecule has 7 heteroatoms. The Labute approximate surface area is 127 Å². The number of methoxy groups -OCH3 is 1. The summed E-state index contributed by atoms with van der Waals surface area (Å²) in [6.45, 7) is 0. The molecule has 2 aromatic rings. The van der Waals surface area contributed by atoms with E-state index in [4.69, 9.17) is 22.1 Å². The summed E-state index contributed by atoms with van der Waals surface area (Å²) in [5.74, 6) is -0.920. The molecule has 0 aliphatic carbocycles. The van der Waals surface area contributed by atoms with Gasteiger partial charge in [0.1, 0.15) is 0 Å². The molecule has 4 nitrogen and oxygen atoms in total. The molecule has 0 aromatic heterocycles. The summed E-state index contributed by atoms with van der Waals surface area (Å²) >= 11 is 5.74. The zero-order valence-corrected chi connectivity index (χ0v) is 12.7. The van der Waals surface area contributed by atoms with Crippen LogP contribution in [-0.2, 0) is 15.6 Å². The highest BCUT2D eigenvalue weighted by atomic mass is 35.5. The van der Waals surface area contributed by atoms with E-state index in [1.165, 1.54) is 37.4 Å². The Morgan fingerprint density at radius 1 is 1.24 bits per heavy atom. The standard InChI is InChI=1S/C14H13ClFNO3S/c1-20-13-4-2-9(6-11(13)16)8-21(18,19)14-5-3-10(15)7-12(14)17/h2-7H,8,17H2,1H3. The Morgan fingerprint density at radius 2 is 1.95 bits per heavy atom. The van der Waals surface area contributed by atoms with Gasteiger partial charge in [-0.3, -0.25) is 0 Å². The summed E-state index contributed by atoms with van der Waals surface area (Å²) in [6, 6.07) is 8.15. The molecule has 0 aliphatic heterocycles. The van der Waals surface area contributed by atoms with Crippen molar-refractivity contribution in [3.63, 3.8) is 0 Å². The number of nitrogen functional groups attached to an aromatic ring is 1. The van der Waals surface area contributed by atoms with E-state index in [0.29, 0.717) is 10.6 Å². The average molecular weight is 330 g/mol. The molecular formula is C14H13ClFNO3S. The minimum Gasteiger partial charge on any atom is -0.494 e. The van der Waals surface area contributed by atoms with Gasteiger partial charge in [-0.05, 0) is 35.9 Å². The van der Waals surface area contributed by atoms with Crippen molar-refractivity contribution in [2.45, 2.75) is 10.6 Å². The van der Waals surface area contributed by atoms with Crippen molar-refractivity contribution < 1.29 is 17.5 Å². The molecule has 21 heavy (non-hydrogen) atoms. The molecule has 0 heterocycles. The SMILES string of the molecule is COc1ccc(CS(=O)(=O)c2ccc(Cl)cc2N)cc1F. The van der Waals surface area contributed by atoms with Gasteiger partial charge >= 0.3 is 0 Å². The van der Waals surface area contributed by atoms with Gasteiger partial charge in [-0.2, -0.15) is 0 Å². The monoisotopic (exact) mass is 329 g/mol. The summed E-state index contributed by atoms with van der Waals surface area (Å²) in [7, 11) is -2.35. The van der Waals surface area contributed by atoms with Crippen LogP contribution < -0.4 is 10.5 Å². The third-order valence-electron chi connectivity index (χ3n) is 2.88. The van der Waals surface area contributed by atoms with Gasteiger partial charge in [0.2, 0.25) is 0 Å². The number of hydrogen-bond donors (Lipinski definition) is 1.